The molecule has 4 rings (SSSR count). The first-order valence-corrected chi connectivity index (χ1v) is 7.10. The fourth-order valence-corrected chi connectivity index (χ4v) is 3.02. The summed E-state index contributed by atoms with van der Waals surface area (Å²) in [6.07, 6.45) is 1.81. The summed E-state index contributed by atoms with van der Waals surface area (Å²) in [7, 11) is 0. The zero-order chi connectivity index (χ0) is 13.5. The summed E-state index contributed by atoms with van der Waals surface area (Å²) in [5.41, 5.74) is 4.08. The third kappa shape index (κ3) is 1.72. The van der Waals surface area contributed by atoms with Crippen molar-refractivity contribution in [1.29, 1.82) is 0 Å². The number of pyridine rings is 1. The van der Waals surface area contributed by atoms with E-state index < -0.39 is 0 Å². The molecule has 0 saturated heterocycles. The minimum absolute atomic E-state index is 0.800. The lowest BCUT2D eigenvalue weighted by atomic mass is 10.2. The van der Waals surface area contributed by atoms with Gasteiger partial charge in [0.2, 0.25) is 0 Å². The van der Waals surface area contributed by atoms with Gasteiger partial charge in [0.05, 0.1) is 22.2 Å². The van der Waals surface area contributed by atoms with Gasteiger partial charge < -0.3 is 0 Å². The molecule has 0 atom stereocenters. The van der Waals surface area contributed by atoms with Crippen molar-refractivity contribution in [2.75, 3.05) is 0 Å². The molecular weight excluding hydrogens is 314 g/mol. The molecule has 0 aliphatic heterocycles. The summed E-state index contributed by atoms with van der Waals surface area (Å²) in [5, 5.41) is 1.14. The third-order valence-corrected chi connectivity index (χ3v) is 3.90. The molecular formula is C16H10BrN3. The van der Waals surface area contributed by atoms with E-state index in [4.69, 9.17) is 0 Å². The second-order valence-electron chi connectivity index (χ2n) is 4.59. The first-order chi connectivity index (χ1) is 9.83. The zero-order valence-corrected chi connectivity index (χ0v) is 12.1. The number of aromatic nitrogens is 3. The van der Waals surface area contributed by atoms with Crippen LogP contribution in [0.2, 0.25) is 0 Å². The number of para-hydroxylation sites is 2. The van der Waals surface area contributed by atoms with Crippen molar-refractivity contribution in [1.82, 2.24) is 14.5 Å². The summed E-state index contributed by atoms with van der Waals surface area (Å²) in [5.74, 6) is 0. The minimum Gasteiger partial charge on any atom is -0.287 e. The lowest BCUT2D eigenvalue weighted by Crippen LogP contribution is -1.94. The standard InChI is InChI=1S/C16H10BrN3/c17-16-19-13-5-1-2-6-15(13)20(16)12-8-7-11-4-3-9-18-14(11)10-12/h1-10H. The van der Waals surface area contributed by atoms with Gasteiger partial charge in [-0.15, -0.1) is 0 Å². The van der Waals surface area contributed by atoms with Gasteiger partial charge >= 0.3 is 0 Å². The van der Waals surface area contributed by atoms with Gasteiger partial charge in [0.25, 0.3) is 0 Å². The van der Waals surface area contributed by atoms with Crippen LogP contribution in [-0.4, -0.2) is 14.5 Å². The Balaban J connectivity index is 2.03. The molecule has 20 heavy (non-hydrogen) atoms. The topological polar surface area (TPSA) is 30.7 Å². The molecule has 96 valence electrons. The number of rotatable bonds is 1. The molecule has 0 radical (unpaired) electrons. The molecule has 0 N–H and O–H groups in total. The van der Waals surface area contributed by atoms with Gasteiger partial charge in [-0.05, 0) is 46.3 Å². The quantitative estimate of drug-likeness (QED) is 0.521. The van der Waals surface area contributed by atoms with Gasteiger partial charge in [0.15, 0.2) is 4.73 Å². The number of halogens is 1. The first-order valence-electron chi connectivity index (χ1n) is 6.31. The largest absolute Gasteiger partial charge is 0.287 e. The van der Waals surface area contributed by atoms with Crippen LogP contribution in [0, 0.1) is 0 Å². The predicted molar refractivity (Wildman–Crippen MR) is 84.1 cm³/mol. The molecule has 3 nitrogen and oxygen atoms in total. The maximum absolute atomic E-state index is 4.53. The average Bonchev–Trinajstić information content (AvgIpc) is 2.82. The van der Waals surface area contributed by atoms with Gasteiger partial charge in [-0.1, -0.05) is 24.3 Å². The molecule has 0 aliphatic carbocycles. The Labute approximate surface area is 124 Å². The Bertz CT molecular complexity index is 927. The van der Waals surface area contributed by atoms with Gasteiger partial charge in [-0.2, -0.15) is 0 Å². The molecule has 0 aliphatic rings. The lowest BCUT2D eigenvalue weighted by Gasteiger charge is -2.07. The van der Waals surface area contributed by atoms with E-state index >= 15 is 0 Å². The Morgan fingerprint density at radius 1 is 0.900 bits per heavy atom. The molecule has 4 heteroatoms. The van der Waals surface area contributed by atoms with E-state index in [-0.39, 0.29) is 0 Å². The monoisotopic (exact) mass is 323 g/mol. The number of nitrogens with zero attached hydrogens (tertiary/aromatic N) is 3. The molecule has 0 fully saturated rings. The van der Waals surface area contributed by atoms with Crippen molar-refractivity contribution in [3.8, 4) is 5.69 Å². The highest BCUT2D eigenvalue weighted by atomic mass is 79.9. The molecule has 2 aromatic heterocycles. The van der Waals surface area contributed by atoms with Gasteiger partial charge in [-0.25, -0.2) is 4.98 Å². The predicted octanol–water partition coefficient (Wildman–Crippen LogP) is 4.34. The highest BCUT2D eigenvalue weighted by molar-refractivity contribution is 9.10. The van der Waals surface area contributed by atoms with Crippen LogP contribution in [0.1, 0.15) is 0 Å². The maximum Gasteiger partial charge on any atom is 0.182 e. The second-order valence-corrected chi connectivity index (χ2v) is 5.29. The maximum atomic E-state index is 4.53. The van der Waals surface area contributed by atoms with Crippen LogP contribution in [0.5, 0.6) is 0 Å². The Kier molecular flexibility index (Phi) is 2.57. The van der Waals surface area contributed by atoms with Crippen molar-refractivity contribution >= 4 is 37.9 Å². The summed E-state index contributed by atoms with van der Waals surface area (Å²) >= 11 is 3.54. The van der Waals surface area contributed by atoms with E-state index in [1.165, 1.54) is 0 Å². The van der Waals surface area contributed by atoms with Gasteiger partial charge in [-0.3, -0.25) is 9.55 Å². The van der Waals surface area contributed by atoms with Crippen LogP contribution in [-0.2, 0) is 0 Å². The van der Waals surface area contributed by atoms with Crippen LogP contribution in [0.15, 0.2) is 65.5 Å². The number of imidazole rings is 1. The van der Waals surface area contributed by atoms with E-state index in [1.54, 1.807) is 0 Å². The van der Waals surface area contributed by atoms with Crippen molar-refractivity contribution in [3.63, 3.8) is 0 Å². The van der Waals surface area contributed by atoms with Crippen LogP contribution in [0.3, 0.4) is 0 Å². The van der Waals surface area contributed by atoms with E-state index in [2.05, 4.69) is 60.8 Å². The van der Waals surface area contributed by atoms with Crippen LogP contribution in [0.25, 0.3) is 27.6 Å². The third-order valence-electron chi connectivity index (χ3n) is 3.37. The summed E-state index contributed by atoms with van der Waals surface area (Å²) < 4.78 is 2.89. The fraction of sp³-hybridized carbons (Fsp3) is 0. The van der Waals surface area contributed by atoms with Crippen LogP contribution < -0.4 is 0 Å². The number of fused-ring (bicyclic) bond motifs is 2. The zero-order valence-electron chi connectivity index (χ0n) is 10.5. The molecule has 0 amide bonds. The SMILES string of the molecule is Brc1nc2ccccc2n1-c1ccc2cccnc2c1. The molecule has 2 heterocycles. The van der Waals surface area contributed by atoms with E-state index in [0.717, 1.165) is 32.4 Å². The van der Waals surface area contributed by atoms with E-state index in [0.29, 0.717) is 0 Å². The highest BCUT2D eigenvalue weighted by Crippen LogP contribution is 2.26. The molecule has 4 aromatic rings. The van der Waals surface area contributed by atoms with E-state index in [9.17, 15) is 0 Å². The van der Waals surface area contributed by atoms with Crippen LogP contribution >= 0.6 is 15.9 Å². The summed E-state index contributed by atoms with van der Waals surface area (Å²) in [4.78, 5) is 8.94. The van der Waals surface area contributed by atoms with Crippen molar-refractivity contribution < 1.29 is 0 Å². The number of hydrogen-bond donors (Lipinski definition) is 0. The van der Waals surface area contributed by atoms with Crippen molar-refractivity contribution in [2.24, 2.45) is 0 Å². The summed E-state index contributed by atoms with van der Waals surface area (Å²) in [6, 6.07) is 18.3. The Hall–Kier alpha value is -2.20. The highest BCUT2D eigenvalue weighted by Gasteiger charge is 2.10. The normalized spacial score (nSPS) is 11.2. The lowest BCUT2D eigenvalue weighted by molar-refractivity contribution is 1.05. The molecule has 0 spiro atoms. The van der Waals surface area contributed by atoms with Crippen LogP contribution in [0.4, 0.5) is 0 Å². The molecule has 2 aromatic carbocycles. The summed E-state index contributed by atoms with van der Waals surface area (Å²) in [6.45, 7) is 0. The minimum atomic E-state index is 0.800. The first kappa shape index (κ1) is 11.6. The Morgan fingerprint density at radius 2 is 1.80 bits per heavy atom. The molecule has 0 bridgehead atoms. The van der Waals surface area contributed by atoms with E-state index in [1.807, 2.05) is 30.5 Å². The smallest absolute Gasteiger partial charge is 0.182 e. The van der Waals surface area contributed by atoms with Crippen molar-refractivity contribution in [2.45, 2.75) is 0 Å². The fourth-order valence-electron chi connectivity index (χ4n) is 2.44. The van der Waals surface area contributed by atoms with Gasteiger partial charge in [0.1, 0.15) is 0 Å². The second kappa shape index (κ2) is 4.42. The average molecular weight is 324 g/mol. The van der Waals surface area contributed by atoms with Gasteiger partial charge in [0, 0.05) is 11.6 Å². The number of hydrogen-bond acceptors (Lipinski definition) is 2. The van der Waals surface area contributed by atoms with Crippen molar-refractivity contribution in [3.05, 3.63) is 65.5 Å². The molecule has 0 unspecified atom stereocenters. The number of benzene rings is 2. The molecule has 0 saturated carbocycles. The Morgan fingerprint density at radius 3 is 2.75 bits per heavy atom.